The maximum absolute atomic E-state index is 12.2. The number of ether oxygens (including phenoxy) is 1. The van der Waals surface area contributed by atoms with E-state index in [2.05, 4.69) is 16.0 Å². The number of carbonyl (C=O) groups is 4. The van der Waals surface area contributed by atoms with Crippen LogP contribution in [0.5, 0.6) is 0 Å². The van der Waals surface area contributed by atoms with Crippen molar-refractivity contribution in [3.05, 3.63) is 54.1 Å². The van der Waals surface area contributed by atoms with Gasteiger partial charge in [-0.25, -0.2) is 0 Å². The lowest BCUT2D eigenvalue weighted by atomic mass is 10.1. The number of anilines is 3. The zero-order chi connectivity index (χ0) is 21.4. The molecule has 0 unspecified atom stereocenters. The standard InChI is InChI=1S/C21H23N3O5/c1-13(21(28)24-19-10-8-18(9-11-19)23-15(3)26)29-20(27)12-16-4-6-17(7-5-16)22-14(2)25/h4-11,13H,12H2,1-3H3,(H,22,25)(H,23,26)(H,24,28)/t13-/m1/s1. The minimum absolute atomic E-state index is 0.00336. The molecule has 0 bridgehead atoms. The average Bonchev–Trinajstić information content (AvgIpc) is 2.64. The molecule has 0 radical (unpaired) electrons. The van der Waals surface area contributed by atoms with Crippen LogP contribution in [0.2, 0.25) is 0 Å². The molecular weight excluding hydrogens is 374 g/mol. The number of carbonyl (C=O) groups excluding carboxylic acids is 4. The molecule has 3 amide bonds. The topological polar surface area (TPSA) is 114 Å². The Balaban J connectivity index is 1.84. The molecule has 1 atom stereocenters. The summed E-state index contributed by atoms with van der Waals surface area (Å²) in [6, 6.07) is 13.3. The second-order valence-electron chi connectivity index (χ2n) is 6.43. The highest BCUT2D eigenvalue weighted by atomic mass is 16.5. The van der Waals surface area contributed by atoms with Gasteiger partial charge in [-0.1, -0.05) is 12.1 Å². The van der Waals surface area contributed by atoms with E-state index in [-0.39, 0.29) is 18.2 Å². The molecule has 0 aromatic heterocycles. The zero-order valence-corrected chi connectivity index (χ0v) is 16.4. The van der Waals surface area contributed by atoms with E-state index in [1.54, 1.807) is 48.5 Å². The first-order valence-corrected chi connectivity index (χ1v) is 8.97. The van der Waals surface area contributed by atoms with Crippen molar-refractivity contribution < 1.29 is 23.9 Å². The molecule has 2 aromatic carbocycles. The van der Waals surface area contributed by atoms with Gasteiger partial charge in [0.15, 0.2) is 6.10 Å². The van der Waals surface area contributed by atoms with Crippen LogP contribution >= 0.6 is 0 Å². The van der Waals surface area contributed by atoms with E-state index in [1.165, 1.54) is 20.8 Å². The predicted octanol–water partition coefficient (Wildman–Crippen LogP) is 2.72. The Hall–Kier alpha value is -3.68. The third-order valence-electron chi connectivity index (χ3n) is 3.77. The highest BCUT2D eigenvalue weighted by Crippen LogP contribution is 2.15. The Morgan fingerprint density at radius 1 is 0.759 bits per heavy atom. The Morgan fingerprint density at radius 2 is 1.17 bits per heavy atom. The number of hydrogen-bond acceptors (Lipinski definition) is 5. The van der Waals surface area contributed by atoms with Crippen molar-refractivity contribution in [3.63, 3.8) is 0 Å². The molecule has 0 aliphatic heterocycles. The van der Waals surface area contributed by atoms with Gasteiger partial charge in [0, 0.05) is 30.9 Å². The number of rotatable bonds is 7. The maximum atomic E-state index is 12.2. The number of esters is 1. The van der Waals surface area contributed by atoms with Crippen LogP contribution in [0.15, 0.2) is 48.5 Å². The molecule has 0 fully saturated rings. The molecule has 0 aliphatic carbocycles. The van der Waals surface area contributed by atoms with E-state index in [0.29, 0.717) is 22.6 Å². The van der Waals surface area contributed by atoms with E-state index in [9.17, 15) is 19.2 Å². The molecule has 2 rings (SSSR count). The van der Waals surface area contributed by atoms with Crippen molar-refractivity contribution in [1.82, 2.24) is 0 Å². The lowest BCUT2D eigenvalue weighted by molar-refractivity contribution is -0.152. The summed E-state index contributed by atoms with van der Waals surface area (Å²) in [7, 11) is 0. The first kappa shape index (κ1) is 21.6. The first-order chi connectivity index (χ1) is 13.7. The fraction of sp³-hybridized carbons (Fsp3) is 0.238. The molecular formula is C21H23N3O5. The van der Waals surface area contributed by atoms with Gasteiger partial charge in [0.25, 0.3) is 5.91 Å². The van der Waals surface area contributed by atoms with Gasteiger partial charge >= 0.3 is 5.97 Å². The van der Waals surface area contributed by atoms with E-state index in [1.807, 2.05) is 0 Å². The Morgan fingerprint density at radius 3 is 1.62 bits per heavy atom. The van der Waals surface area contributed by atoms with Crippen molar-refractivity contribution in [3.8, 4) is 0 Å². The monoisotopic (exact) mass is 397 g/mol. The second kappa shape index (κ2) is 10.0. The minimum atomic E-state index is -0.976. The Labute approximate surface area is 168 Å². The van der Waals surface area contributed by atoms with Crippen LogP contribution < -0.4 is 16.0 Å². The van der Waals surface area contributed by atoms with Crippen molar-refractivity contribution >= 4 is 40.8 Å². The third-order valence-corrected chi connectivity index (χ3v) is 3.77. The molecule has 8 nitrogen and oxygen atoms in total. The number of benzene rings is 2. The van der Waals surface area contributed by atoms with Gasteiger partial charge in [-0.05, 0) is 48.9 Å². The van der Waals surface area contributed by atoms with E-state index in [4.69, 9.17) is 4.74 Å². The van der Waals surface area contributed by atoms with Gasteiger partial charge in [-0.15, -0.1) is 0 Å². The molecule has 0 aliphatic rings. The molecule has 8 heteroatoms. The largest absolute Gasteiger partial charge is 0.452 e. The summed E-state index contributed by atoms with van der Waals surface area (Å²) in [4.78, 5) is 46.3. The highest BCUT2D eigenvalue weighted by Gasteiger charge is 2.18. The van der Waals surface area contributed by atoms with E-state index < -0.39 is 18.0 Å². The number of nitrogens with one attached hydrogen (secondary N) is 3. The first-order valence-electron chi connectivity index (χ1n) is 8.97. The van der Waals surface area contributed by atoms with Gasteiger partial charge in [-0.3, -0.25) is 19.2 Å². The van der Waals surface area contributed by atoms with Crippen molar-refractivity contribution in [1.29, 1.82) is 0 Å². The summed E-state index contributed by atoms with van der Waals surface area (Å²) in [6.07, 6.45) is -0.972. The Bertz CT molecular complexity index is 892. The molecule has 0 saturated heterocycles. The van der Waals surface area contributed by atoms with Gasteiger partial charge in [0.1, 0.15) is 0 Å². The summed E-state index contributed by atoms with van der Waals surface area (Å²) in [5, 5.41) is 7.92. The van der Waals surface area contributed by atoms with Crippen molar-refractivity contribution in [2.75, 3.05) is 16.0 Å². The van der Waals surface area contributed by atoms with E-state index in [0.717, 1.165) is 0 Å². The molecule has 152 valence electrons. The van der Waals surface area contributed by atoms with Gasteiger partial charge in [-0.2, -0.15) is 0 Å². The van der Waals surface area contributed by atoms with Crippen LogP contribution in [0, 0.1) is 0 Å². The maximum Gasteiger partial charge on any atom is 0.311 e. The van der Waals surface area contributed by atoms with Crippen LogP contribution in [0.4, 0.5) is 17.1 Å². The van der Waals surface area contributed by atoms with Crippen LogP contribution in [0.25, 0.3) is 0 Å². The van der Waals surface area contributed by atoms with Crippen molar-refractivity contribution in [2.24, 2.45) is 0 Å². The summed E-state index contributed by atoms with van der Waals surface area (Å²) in [5.41, 5.74) is 2.46. The highest BCUT2D eigenvalue weighted by molar-refractivity contribution is 5.95. The van der Waals surface area contributed by atoms with Crippen LogP contribution in [0.1, 0.15) is 26.3 Å². The number of hydrogen-bond donors (Lipinski definition) is 3. The average molecular weight is 397 g/mol. The number of amides is 3. The van der Waals surface area contributed by atoms with Crippen molar-refractivity contribution in [2.45, 2.75) is 33.3 Å². The molecule has 29 heavy (non-hydrogen) atoms. The quantitative estimate of drug-likeness (QED) is 0.622. The van der Waals surface area contributed by atoms with Crippen LogP contribution in [-0.4, -0.2) is 29.8 Å². The SMILES string of the molecule is CC(=O)Nc1ccc(CC(=O)O[C@H](C)C(=O)Nc2ccc(NC(C)=O)cc2)cc1. The van der Waals surface area contributed by atoms with Gasteiger partial charge in [0.05, 0.1) is 6.42 Å². The fourth-order valence-corrected chi connectivity index (χ4v) is 2.45. The van der Waals surface area contributed by atoms with E-state index >= 15 is 0 Å². The smallest absolute Gasteiger partial charge is 0.311 e. The molecule has 3 N–H and O–H groups in total. The summed E-state index contributed by atoms with van der Waals surface area (Å²) in [5.74, 6) is -1.37. The fourth-order valence-electron chi connectivity index (χ4n) is 2.45. The molecule has 0 saturated carbocycles. The Kier molecular flexibility index (Phi) is 7.47. The van der Waals surface area contributed by atoms with Gasteiger partial charge in [0.2, 0.25) is 11.8 Å². The van der Waals surface area contributed by atoms with Crippen LogP contribution in [0.3, 0.4) is 0 Å². The lowest BCUT2D eigenvalue weighted by Gasteiger charge is -2.14. The normalized spacial score (nSPS) is 11.1. The molecule has 2 aromatic rings. The lowest BCUT2D eigenvalue weighted by Crippen LogP contribution is -2.30. The molecule has 0 heterocycles. The second-order valence-corrected chi connectivity index (χ2v) is 6.43. The summed E-state index contributed by atoms with van der Waals surface area (Å²) in [6.45, 7) is 4.30. The summed E-state index contributed by atoms with van der Waals surface area (Å²) >= 11 is 0. The zero-order valence-electron chi connectivity index (χ0n) is 16.4. The summed E-state index contributed by atoms with van der Waals surface area (Å²) < 4.78 is 5.18. The molecule has 0 spiro atoms. The predicted molar refractivity (Wildman–Crippen MR) is 109 cm³/mol. The third kappa shape index (κ3) is 7.45. The van der Waals surface area contributed by atoms with Crippen LogP contribution in [-0.2, 0) is 30.3 Å². The van der Waals surface area contributed by atoms with Gasteiger partial charge < -0.3 is 20.7 Å². The minimum Gasteiger partial charge on any atom is -0.452 e.